The lowest BCUT2D eigenvalue weighted by Crippen LogP contribution is -2.57. The predicted octanol–water partition coefficient (Wildman–Crippen LogP) is 6.62. The third-order valence-corrected chi connectivity index (χ3v) is 6.68. The average Bonchev–Trinajstić information content (AvgIpc) is 3.01. The van der Waals surface area contributed by atoms with Crippen molar-refractivity contribution in [1.82, 2.24) is 0 Å². The Morgan fingerprint density at radius 1 is 0.613 bits per heavy atom. The normalized spacial score (nSPS) is 21.5. The summed E-state index contributed by atoms with van der Waals surface area (Å²) in [5.41, 5.74) is -16.1. The second kappa shape index (κ2) is 6.19. The van der Waals surface area contributed by atoms with Crippen LogP contribution in [0.2, 0.25) is 0 Å². The molecule has 0 spiro atoms. The van der Waals surface area contributed by atoms with Crippen LogP contribution in [0.4, 0.5) is 52.7 Å². The van der Waals surface area contributed by atoms with Crippen molar-refractivity contribution in [2.75, 3.05) is 0 Å². The van der Waals surface area contributed by atoms with Gasteiger partial charge in [-0.05, 0) is 11.0 Å². The first-order chi connectivity index (χ1) is 13.5. The van der Waals surface area contributed by atoms with E-state index in [-0.39, 0.29) is 12.1 Å². The van der Waals surface area contributed by atoms with Gasteiger partial charge in [-0.15, -0.1) is 0 Å². The standard InChI is InChI=1S/C16H11F12O2P/c1-10(2,3)6-4-7-9-8(5-6)12(15(23,24)25,16(26,27)28)30-31(9)29-11(7,13(17,18)19)14(20,21)22/h4-5H,1-3H3. The summed E-state index contributed by atoms with van der Waals surface area (Å²) in [6.07, 6.45) is -25.0. The Morgan fingerprint density at radius 2 is 0.903 bits per heavy atom. The number of rotatable bonds is 0. The molecule has 2 heterocycles. The van der Waals surface area contributed by atoms with Gasteiger partial charge in [0.1, 0.15) is 0 Å². The van der Waals surface area contributed by atoms with Gasteiger partial charge in [0.2, 0.25) is 8.38 Å². The lowest BCUT2D eigenvalue weighted by Gasteiger charge is -2.38. The van der Waals surface area contributed by atoms with Gasteiger partial charge >= 0.3 is 24.7 Å². The minimum atomic E-state index is -6.26. The molecule has 1 aromatic rings. The summed E-state index contributed by atoms with van der Waals surface area (Å²) in [6.45, 7) is 3.59. The topological polar surface area (TPSA) is 18.5 Å². The van der Waals surface area contributed by atoms with E-state index in [9.17, 15) is 52.7 Å². The summed E-state index contributed by atoms with van der Waals surface area (Å²) >= 11 is 0. The Labute approximate surface area is 167 Å². The maximum absolute atomic E-state index is 13.7. The summed E-state index contributed by atoms with van der Waals surface area (Å²) in [4.78, 5) is 0. The second-order valence-corrected chi connectivity index (χ2v) is 9.29. The summed E-state index contributed by atoms with van der Waals surface area (Å²) in [5.74, 6) is 0. The van der Waals surface area contributed by atoms with Crippen LogP contribution in [0.25, 0.3) is 0 Å². The molecule has 31 heavy (non-hydrogen) atoms. The molecule has 3 rings (SSSR count). The number of hydrogen-bond acceptors (Lipinski definition) is 2. The van der Waals surface area contributed by atoms with Gasteiger partial charge in [0.15, 0.2) is 0 Å². The van der Waals surface area contributed by atoms with Gasteiger partial charge in [0, 0.05) is 16.4 Å². The van der Waals surface area contributed by atoms with Crippen LogP contribution in [-0.4, -0.2) is 24.7 Å². The first-order valence-electron chi connectivity index (χ1n) is 8.17. The van der Waals surface area contributed by atoms with Crippen molar-refractivity contribution in [3.8, 4) is 0 Å². The monoisotopic (exact) mass is 494 g/mol. The highest BCUT2D eigenvalue weighted by Crippen LogP contribution is 2.73. The van der Waals surface area contributed by atoms with Crippen LogP contribution in [0.5, 0.6) is 0 Å². The molecule has 2 aliphatic heterocycles. The van der Waals surface area contributed by atoms with E-state index in [0.29, 0.717) is 0 Å². The van der Waals surface area contributed by atoms with Gasteiger partial charge in [-0.2, -0.15) is 52.7 Å². The third-order valence-electron chi connectivity index (χ3n) is 4.95. The number of alkyl halides is 12. The van der Waals surface area contributed by atoms with Crippen LogP contribution in [0.1, 0.15) is 37.5 Å². The fourth-order valence-electron chi connectivity index (χ4n) is 3.40. The van der Waals surface area contributed by atoms with E-state index in [1.54, 1.807) is 0 Å². The molecule has 0 fully saturated rings. The molecule has 2 nitrogen and oxygen atoms in total. The summed E-state index contributed by atoms with van der Waals surface area (Å²) in [6, 6.07) is 0.572. The Bertz CT molecular complexity index is 813. The second-order valence-electron chi connectivity index (χ2n) is 7.96. The molecule has 0 bridgehead atoms. The van der Waals surface area contributed by atoms with Crippen molar-refractivity contribution in [2.45, 2.75) is 62.1 Å². The molecule has 0 atom stereocenters. The SMILES string of the molecule is CC(C)(C)c1cc2c3c(c1)C(C(F)(F)F)(C(F)(F)F)OP3OC2(C(F)(F)F)C(F)(F)F. The van der Waals surface area contributed by atoms with E-state index in [1.807, 2.05) is 0 Å². The molecule has 0 saturated carbocycles. The molecule has 15 heteroatoms. The van der Waals surface area contributed by atoms with Crippen molar-refractivity contribution < 1.29 is 61.7 Å². The Kier molecular flexibility index (Phi) is 4.87. The number of benzene rings is 1. The summed E-state index contributed by atoms with van der Waals surface area (Å²) in [5, 5.41) is -1.52. The van der Waals surface area contributed by atoms with Crippen LogP contribution in [0, 0.1) is 0 Å². The molecule has 0 N–H and O–H groups in total. The Balaban J connectivity index is 2.53. The van der Waals surface area contributed by atoms with E-state index < -0.39 is 71.7 Å². The quantitative estimate of drug-likeness (QED) is 0.298. The van der Waals surface area contributed by atoms with Crippen LogP contribution >= 0.6 is 8.38 Å². The number of hydrogen-bond donors (Lipinski definition) is 0. The smallest absolute Gasteiger partial charge is 0.301 e. The van der Waals surface area contributed by atoms with Gasteiger partial charge < -0.3 is 9.05 Å². The predicted molar refractivity (Wildman–Crippen MR) is 81.4 cm³/mol. The van der Waals surface area contributed by atoms with Crippen LogP contribution < -0.4 is 5.30 Å². The van der Waals surface area contributed by atoms with E-state index in [1.165, 1.54) is 20.8 Å². The Morgan fingerprint density at radius 3 is 1.13 bits per heavy atom. The molecular formula is C16H11F12O2P. The van der Waals surface area contributed by atoms with Crippen LogP contribution in [-0.2, 0) is 25.7 Å². The van der Waals surface area contributed by atoms with Crippen LogP contribution in [0.3, 0.4) is 0 Å². The molecule has 2 aliphatic rings. The van der Waals surface area contributed by atoms with Crippen molar-refractivity contribution >= 4 is 13.7 Å². The van der Waals surface area contributed by atoms with Gasteiger partial charge in [-0.1, -0.05) is 32.9 Å². The average molecular weight is 494 g/mol. The summed E-state index contributed by atoms with van der Waals surface area (Å²) < 4.78 is 172. The lowest BCUT2D eigenvalue weighted by molar-refractivity contribution is -0.375. The van der Waals surface area contributed by atoms with Gasteiger partial charge in [-0.3, -0.25) is 0 Å². The molecular weight excluding hydrogens is 483 g/mol. The maximum Gasteiger partial charge on any atom is 0.431 e. The fraction of sp³-hybridized carbons (Fsp3) is 0.625. The molecule has 0 unspecified atom stereocenters. The molecule has 0 saturated heterocycles. The lowest BCUT2D eigenvalue weighted by atomic mass is 9.78. The van der Waals surface area contributed by atoms with Crippen molar-refractivity contribution in [3.63, 3.8) is 0 Å². The van der Waals surface area contributed by atoms with Crippen molar-refractivity contribution in [2.24, 2.45) is 0 Å². The van der Waals surface area contributed by atoms with Gasteiger partial charge in [0.05, 0.1) is 0 Å². The third kappa shape index (κ3) is 3.00. The molecule has 0 aliphatic carbocycles. The van der Waals surface area contributed by atoms with Gasteiger partial charge in [0.25, 0.3) is 11.2 Å². The van der Waals surface area contributed by atoms with E-state index >= 15 is 0 Å². The molecule has 1 aromatic carbocycles. The zero-order valence-corrected chi connectivity index (χ0v) is 16.3. The van der Waals surface area contributed by atoms with Gasteiger partial charge in [-0.25, -0.2) is 0 Å². The minimum absolute atomic E-state index is 0.286. The highest BCUT2D eigenvalue weighted by atomic mass is 31.2. The maximum atomic E-state index is 13.7. The highest BCUT2D eigenvalue weighted by Gasteiger charge is 2.84. The fourth-order valence-corrected chi connectivity index (χ4v) is 5.56. The highest BCUT2D eigenvalue weighted by molar-refractivity contribution is 7.57. The number of halogens is 12. The molecule has 0 radical (unpaired) electrons. The zero-order valence-electron chi connectivity index (χ0n) is 15.5. The molecule has 176 valence electrons. The zero-order chi connectivity index (χ0) is 24.2. The van der Waals surface area contributed by atoms with E-state index in [2.05, 4.69) is 9.05 Å². The van der Waals surface area contributed by atoms with Crippen LogP contribution in [0.15, 0.2) is 12.1 Å². The minimum Gasteiger partial charge on any atom is -0.301 e. The largest absolute Gasteiger partial charge is 0.431 e. The van der Waals surface area contributed by atoms with Crippen molar-refractivity contribution in [1.29, 1.82) is 0 Å². The van der Waals surface area contributed by atoms with Crippen molar-refractivity contribution in [3.05, 3.63) is 28.8 Å². The van der Waals surface area contributed by atoms with E-state index in [4.69, 9.17) is 0 Å². The molecule has 0 aromatic heterocycles. The first-order valence-corrected chi connectivity index (χ1v) is 9.35. The van der Waals surface area contributed by atoms with E-state index in [0.717, 1.165) is 0 Å². The Hall–Kier alpha value is -1.27. The molecule has 0 amide bonds. The summed E-state index contributed by atoms with van der Waals surface area (Å²) in [7, 11) is -4.03. The first kappa shape index (κ1) is 24.4.